The van der Waals surface area contributed by atoms with Gasteiger partial charge in [-0.1, -0.05) is 18.2 Å². The lowest BCUT2D eigenvalue weighted by Gasteiger charge is -2.29. The van der Waals surface area contributed by atoms with E-state index in [2.05, 4.69) is 95.3 Å². The highest BCUT2D eigenvalue weighted by Crippen LogP contribution is 2.13. The summed E-state index contributed by atoms with van der Waals surface area (Å²) in [5, 5.41) is 3.48. The van der Waals surface area contributed by atoms with E-state index in [-0.39, 0.29) is 0 Å². The summed E-state index contributed by atoms with van der Waals surface area (Å²) in [6.07, 6.45) is 2.07. The monoisotopic (exact) mass is 327 g/mol. The van der Waals surface area contributed by atoms with E-state index in [9.17, 15) is 0 Å². The normalized spacial score (nSPS) is 12.8. The van der Waals surface area contributed by atoms with Crippen molar-refractivity contribution in [1.29, 1.82) is 0 Å². The van der Waals surface area contributed by atoms with Crippen LogP contribution < -0.4 is 10.2 Å². The molecule has 0 aliphatic carbocycles. The number of hydrogen-bond acceptors (Lipinski definition) is 2. The highest BCUT2D eigenvalue weighted by atomic mass is 15.3. The molecule has 1 aromatic heterocycles. The molecule has 1 atom stereocenters. The molecule has 1 unspecified atom stereocenters. The number of para-hydroxylation sites is 1. The Morgan fingerprint density at radius 1 is 1.17 bits per heavy atom. The van der Waals surface area contributed by atoms with Crippen molar-refractivity contribution in [2.45, 2.75) is 19.5 Å². The van der Waals surface area contributed by atoms with Crippen LogP contribution in [-0.4, -0.2) is 49.2 Å². The van der Waals surface area contributed by atoms with E-state index in [1.807, 2.05) is 13.1 Å². The van der Waals surface area contributed by atoms with E-state index in [0.717, 1.165) is 19.0 Å². The minimum atomic E-state index is 0.354. The predicted molar refractivity (Wildman–Crippen MR) is 103 cm³/mol. The van der Waals surface area contributed by atoms with E-state index in [4.69, 9.17) is 0 Å². The lowest BCUT2D eigenvalue weighted by molar-refractivity contribution is 0.458. The molecule has 0 aliphatic heterocycles. The molecule has 1 heterocycles. The van der Waals surface area contributed by atoms with Crippen molar-refractivity contribution in [2.24, 2.45) is 12.0 Å². The van der Waals surface area contributed by atoms with Crippen LogP contribution in [0.4, 0.5) is 5.69 Å². The first-order valence-electron chi connectivity index (χ1n) is 8.32. The SMILES string of the molecule is CN=C(NCC(C)N(C)c1ccccc1)N(C)Cc1cccn1C. The lowest BCUT2D eigenvalue weighted by Crippen LogP contribution is -2.45. The molecule has 2 rings (SSSR count). The molecule has 5 heteroatoms. The van der Waals surface area contributed by atoms with E-state index in [1.165, 1.54) is 11.4 Å². The number of guanidine groups is 1. The first kappa shape index (κ1) is 17.9. The average Bonchev–Trinajstić information content (AvgIpc) is 3.00. The van der Waals surface area contributed by atoms with Gasteiger partial charge >= 0.3 is 0 Å². The lowest BCUT2D eigenvalue weighted by atomic mass is 10.2. The van der Waals surface area contributed by atoms with Gasteiger partial charge in [-0.15, -0.1) is 0 Å². The maximum Gasteiger partial charge on any atom is 0.193 e. The molecule has 0 aliphatic rings. The van der Waals surface area contributed by atoms with Crippen LogP contribution in [0.2, 0.25) is 0 Å². The zero-order valence-corrected chi connectivity index (χ0v) is 15.4. The second kappa shape index (κ2) is 8.43. The molecule has 0 amide bonds. The Hall–Kier alpha value is -2.43. The number of aliphatic imine (C=N–C) groups is 1. The molecule has 130 valence electrons. The Bertz CT molecular complexity index is 647. The van der Waals surface area contributed by atoms with Gasteiger partial charge in [0.25, 0.3) is 0 Å². The van der Waals surface area contributed by atoms with E-state index in [0.29, 0.717) is 6.04 Å². The summed E-state index contributed by atoms with van der Waals surface area (Å²) in [6, 6.07) is 15.0. The molecule has 5 nitrogen and oxygen atoms in total. The molecule has 2 aromatic rings. The smallest absolute Gasteiger partial charge is 0.193 e. The number of nitrogens with zero attached hydrogens (tertiary/aromatic N) is 4. The van der Waals surface area contributed by atoms with Crippen LogP contribution in [0.1, 0.15) is 12.6 Å². The third-order valence-electron chi connectivity index (χ3n) is 4.40. The van der Waals surface area contributed by atoms with Crippen LogP contribution in [0.15, 0.2) is 53.7 Å². The van der Waals surface area contributed by atoms with E-state index in [1.54, 1.807) is 0 Å². The van der Waals surface area contributed by atoms with Crippen molar-refractivity contribution >= 4 is 11.6 Å². The predicted octanol–water partition coefficient (Wildman–Crippen LogP) is 2.56. The Morgan fingerprint density at radius 3 is 2.46 bits per heavy atom. The summed E-state index contributed by atoms with van der Waals surface area (Å²) >= 11 is 0. The van der Waals surface area contributed by atoms with Crippen molar-refractivity contribution in [3.8, 4) is 0 Å². The number of hydrogen-bond donors (Lipinski definition) is 1. The molecular weight excluding hydrogens is 298 g/mol. The largest absolute Gasteiger partial charge is 0.370 e. The standard InChI is InChI=1S/C19H29N5/c1-16(24(5)17-10-7-6-8-11-17)14-21-19(20-2)23(4)15-18-12-9-13-22(18)3/h6-13,16H,14-15H2,1-5H3,(H,20,21). The minimum absolute atomic E-state index is 0.354. The third-order valence-corrected chi connectivity index (χ3v) is 4.40. The number of aromatic nitrogens is 1. The first-order chi connectivity index (χ1) is 11.5. The first-order valence-corrected chi connectivity index (χ1v) is 8.32. The van der Waals surface area contributed by atoms with E-state index < -0.39 is 0 Å². The van der Waals surface area contributed by atoms with Crippen LogP contribution in [0.5, 0.6) is 0 Å². The van der Waals surface area contributed by atoms with Gasteiger partial charge in [-0.3, -0.25) is 4.99 Å². The molecule has 1 aromatic carbocycles. The molecular formula is C19H29N5. The Morgan fingerprint density at radius 2 is 1.88 bits per heavy atom. The summed E-state index contributed by atoms with van der Waals surface area (Å²) in [7, 11) is 8.08. The van der Waals surface area contributed by atoms with Crippen molar-refractivity contribution in [3.63, 3.8) is 0 Å². The van der Waals surface area contributed by atoms with Crippen molar-refractivity contribution < 1.29 is 0 Å². The maximum absolute atomic E-state index is 4.41. The van der Waals surface area contributed by atoms with Gasteiger partial charge in [0, 0.05) is 58.4 Å². The van der Waals surface area contributed by atoms with Gasteiger partial charge in [-0.05, 0) is 31.2 Å². The van der Waals surface area contributed by atoms with Crippen molar-refractivity contribution in [2.75, 3.05) is 32.6 Å². The molecule has 0 spiro atoms. The van der Waals surface area contributed by atoms with Gasteiger partial charge in [0.05, 0.1) is 6.54 Å². The van der Waals surface area contributed by atoms with Gasteiger partial charge in [-0.25, -0.2) is 0 Å². The molecule has 0 saturated carbocycles. The quantitative estimate of drug-likeness (QED) is 0.654. The van der Waals surface area contributed by atoms with Crippen LogP contribution in [0.25, 0.3) is 0 Å². The number of anilines is 1. The zero-order chi connectivity index (χ0) is 17.5. The number of likely N-dealkylation sites (N-methyl/N-ethyl adjacent to an activating group) is 1. The van der Waals surface area contributed by atoms with Crippen LogP contribution in [0.3, 0.4) is 0 Å². The zero-order valence-electron chi connectivity index (χ0n) is 15.4. The van der Waals surface area contributed by atoms with Crippen LogP contribution in [-0.2, 0) is 13.6 Å². The highest BCUT2D eigenvalue weighted by Gasteiger charge is 2.13. The summed E-state index contributed by atoms with van der Waals surface area (Å²) in [6.45, 7) is 3.87. The van der Waals surface area contributed by atoms with Gasteiger partial charge in [0.2, 0.25) is 0 Å². The molecule has 24 heavy (non-hydrogen) atoms. The highest BCUT2D eigenvalue weighted by molar-refractivity contribution is 5.79. The Balaban J connectivity index is 1.90. The summed E-state index contributed by atoms with van der Waals surface area (Å²) in [5.74, 6) is 0.907. The van der Waals surface area contributed by atoms with Crippen LogP contribution >= 0.6 is 0 Å². The minimum Gasteiger partial charge on any atom is -0.370 e. The summed E-state index contributed by atoms with van der Waals surface area (Å²) in [4.78, 5) is 8.82. The van der Waals surface area contributed by atoms with E-state index >= 15 is 0 Å². The Kier molecular flexibility index (Phi) is 6.29. The van der Waals surface area contributed by atoms with Crippen molar-refractivity contribution in [1.82, 2.24) is 14.8 Å². The van der Waals surface area contributed by atoms with Crippen LogP contribution in [0, 0.1) is 0 Å². The second-order valence-corrected chi connectivity index (χ2v) is 6.19. The number of benzene rings is 1. The van der Waals surface area contributed by atoms with Gasteiger partial charge in [0.15, 0.2) is 5.96 Å². The molecule has 0 bridgehead atoms. The molecule has 0 saturated heterocycles. The van der Waals surface area contributed by atoms with Gasteiger partial charge in [0.1, 0.15) is 0 Å². The van der Waals surface area contributed by atoms with Crippen molar-refractivity contribution in [3.05, 3.63) is 54.4 Å². The Labute approximate surface area is 145 Å². The average molecular weight is 327 g/mol. The molecule has 0 radical (unpaired) electrons. The number of nitrogens with one attached hydrogen (secondary N) is 1. The van der Waals surface area contributed by atoms with Gasteiger partial charge < -0.3 is 19.7 Å². The fourth-order valence-corrected chi connectivity index (χ4v) is 2.66. The second-order valence-electron chi connectivity index (χ2n) is 6.19. The summed E-state index contributed by atoms with van der Waals surface area (Å²) < 4.78 is 2.13. The molecule has 1 N–H and O–H groups in total. The third kappa shape index (κ3) is 4.54. The summed E-state index contributed by atoms with van der Waals surface area (Å²) in [5.41, 5.74) is 2.48. The molecule has 0 fully saturated rings. The fraction of sp³-hybridized carbons (Fsp3) is 0.421. The number of rotatable bonds is 6. The number of aryl methyl sites for hydroxylation is 1. The maximum atomic E-state index is 4.41. The van der Waals surface area contributed by atoms with Gasteiger partial charge in [-0.2, -0.15) is 0 Å². The topological polar surface area (TPSA) is 35.8 Å². The fourth-order valence-electron chi connectivity index (χ4n) is 2.66.